The number of hydrogen-bond acceptors (Lipinski definition) is 3. The molecule has 1 N–H and O–H groups in total. The van der Waals surface area contributed by atoms with E-state index in [2.05, 4.69) is 6.07 Å². The van der Waals surface area contributed by atoms with Crippen LogP contribution in [0.1, 0.15) is 61.6 Å². The zero-order valence-corrected chi connectivity index (χ0v) is 20.4. The third kappa shape index (κ3) is 6.30. The second-order valence-electron chi connectivity index (χ2n) is 9.35. The average Bonchev–Trinajstić information content (AvgIpc) is 3.68. The van der Waals surface area contributed by atoms with Crippen molar-refractivity contribution in [2.45, 2.75) is 51.6 Å². The molecule has 1 aliphatic rings. The summed E-state index contributed by atoms with van der Waals surface area (Å²) in [6.07, 6.45) is 4.26. The van der Waals surface area contributed by atoms with Crippen LogP contribution in [0.25, 0.3) is 11.1 Å². The Morgan fingerprint density at radius 1 is 1.03 bits per heavy atom. The van der Waals surface area contributed by atoms with E-state index in [-0.39, 0.29) is 18.2 Å². The van der Waals surface area contributed by atoms with Crippen molar-refractivity contribution in [2.24, 2.45) is 0 Å². The summed E-state index contributed by atoms with van der Waals surface area (Å²) in [5, 5.41) is 9.25. The van der Waals surface area contributed by atoms with Gasteiger partial charge in [-0.1, -0.05) is 35.9 Å². The molecule has 0 radical (unpaired) electrons. The molecule has 1 fully saturated rings. The van der Waals surface area contributed by atoms with E-state index >= 15 is 0 Å². The number of rotatable bonds is 10. The fraction of sp³-hybridized carbons (Fsp3) is 0.300. The largest absolute Gasteiger partial charge is 0.497 e. The van der Waals surface area contributed by atoms with E-state index in [0.29, 0.717) is 29.6 Å². The van der Waals surface area contributed by atoms with E-state index in [9.17, 15) is 14.3 Å². The summed E-state index contributed by atoms with van der Waals surface area (Å²) in [5.74, 6) is 0.513. The normalized spacial score (nSPS) is 13.7. The molecule has 1 saturated carbocycles. The van der Waals surface area contributed by atoms with Crippen molar-refractivity contribution in [1.82, 2.24) is 0 Å². The molecule has 182 valence electrons. The molecule has 0 heterocycles. The van der Waals surface area contributed by atoms with Crippen molar-refractivity contribution >= 4 is 5.97 Å². The Bertz CT molecular complexity index is 1220. The van der Waals surface area contributed by atoms with E-state index in [4.69, 9.17) is 9.47 Å². The summed E-state index contributed by atoms with van der Waals surface area (Å²) < 4.78 is 26.1. The van der Waals surface area contributed by atoms with Crippen LogP contribution in [0.2, 0.25) is 0 Å². The highest BCUT2D eigenvalue weighted by Gasteiger charge is 2.27. The standard InChI is InChI=1S/C30H31FO4/c1-19(2)14-23(16-30(32)33)21-7-9-24(10-8-21)35-18-20-4-12-26(22-5-6-22)27(15-20)28-17-25(34-3)11-13-29(28)31/h4,7-15,17,22-23H,5-6,16,18H2,1-3H3,(H,32,33)/t23-/m0/s1. The van der Waals surface area contributed by atoms with Gasteiger partial charge in [0.05, 0.1) is 13.5 Å². The van der Waals surface area contributed by atoms with Gasteiger partial charge in [0.15, 0.2) is 0 Å². The second-order valence-corrected chi connectivity index (χ2v) is 9.35. The summed E-state index contributed by atoms with van der Waals surface area (Å²) in [5.41, 5.74) is 5.55. The molecule has 0 amide bonds. The summed E-state index contributed by atoms with van der Waals surface area (Å²) in [6.45, 7) is 4.27. The van der Waals surface area contributed by atoms with Crippen LogP contribution in [0.4, 0.5) is 4.39 Å². The molecule has 4 rings (SSSR count). The van der Waals surface area contributed by atoms with E-state index in [1.165, 1.54) is 6.07 Å². The van der Waals surface area contributed by atoms with E-state index in [0.717, 1.165) is 40.7 Å². The Balaban J connectivity index is 1.53. The number of carbonyl (C=O) groups is 1. The summed E-state index contributed by atoms with van der Waals surface area (Å²) in [6, 6.07) is 18.5. The van der Waals surface area contributed by atoms with Crippen molar-refractivity contribution in [2.75, 3.05) is 7.11 Å². The Hall–Kier alpha value is -3.60. The molecule has 0 aliphatic heterocycles. The minimum atomic E-state index is -0.828. The number of methoxy groups -OCH3 is 1. The zero-order chi connectivity index (χ0) is 24.9. The summed E-state index contributed by atoms with van der Waals surface area (Å²) in [7, 11) is 1.58. The van der Waals surface area contributed by atoms with Crippen molar-refractivity contribution in [1.29, 1.82) is 0 Å². The third-order valence-electron chi connectivity index (χ3n) is 6.24. The predicted octanol–water partition coefficient (Wildman–Crippen LogP) is 7.48. The number of carboxylic acids is 1. The summed E-state index contributed by atoms with van der Waals surface area (Å²) in [4.78, 5) is 11.3. The highest BCUT2D eigenvalue weighted by Crippen LogP contribution is 2.45. The fourth-order valence-corrected chi connectivity index (χ4v) is 4.36. The van der Waals surface area contributed by atoms with Gasteiger partial charge in [-0.25, -0.2) is 4.39 Å². The molecule has 3 aromatic rings. The molecule has 4 nitrogen and oxygen atoms in total. The lowest BCUT2D eigenvalue weighted by molar-refractivity contribution is -0.137. The fourth-order valence-electron chi connectivity index (χ4n) is 4.36. The van der Waals surface area contributed by atoms with Crippen molar-refractivity contribution < 1.29 is 23.8 Å². The quantitative estimate of drug-likeness (QED) is 0.310. The number of allylic oxidation sites excluding steroid dienone is 2. The van der Waals surface area contributed by atoms with Gasteiger partial charge in [0.2, 0.25) is 0 Å². The summed E-state index contributed by atoms with van der Waals surface area (Å²) >= 11 is 0. The topological polar surface area (TPSA) is 55.8 Å². The highest BCUT2D eigenvalue weighted by molar-refractivity contribution is 5.71. The van der Waals surface area contributed by atoms with Gasteiger partial charge in [-0.05, 0) is 91.3 Å². The first-order valence-electron chi connectivity index (χ1n) is 11.9. The molecule has 0 bridgehead atoms. The van der Waals surface area contributed by atoms with Crippen LogP contribution in [-0.2, 0) is 11.4 Å². The molecular formula is C30H31FO4. The minimum absolute atomic E-state index is 0.0440. The number of ether oxygens (including phenoxy) is 2. The van der Waals surface area contributed by atoms with Crippen LogP contribution >= 0.6 is 0 Å². The van der Waals surface area contributed by atoms with Gasteiger partial charge in [0.1, 0.15) is 23.9 Å². The van der Waals surface area contributed by atoms with Crippen LogP contribution < -0.4 is 9.47 Å². The predicted molar refractivity (Wildman–Crippen MR) is 136 cm³/mol. The molecule has 1 aliphatic carbocycles. The zero-order valence-electron chi connectivity index (χ0n) is 20.4. The van der Waals surface area contributed by atoms with Gasteiger partial charge in [0, 0.05) is 11.5 Å². The number of benzene rings is 3. The van der Waals surface area contributed by atoms with E-state index in [1.54, 1.807) is 19.2 Å². The van der Waals surface area contributed by atoms with Crippen LogP contribution in [0.5, 0.6) is 11.5 Å². The molecule has 0 unspecified atom stereocenters. The molecule has 5 heteroatoms. The van der Waals surface area contributed by atoms with Crippen molar-refractivity contribution in [3.8, 4) is 22.6 Å². The Labute approximate surface area is 206 Å². The van der Waals surface area contributed by atoms with Gasteiger partial charge in [0.25, 0.3) is 0 Å². The Morgan fingerprint density at radius 3 is 2.37 bits per heavy atom. The van der Waals surface area contributed by atoms with Gasteiger partial charge >= 0.3 is 5.97 Å². The van der Waals surface area contributed by atoms with Gasteiger partial charge in [-0.2, -0.15) is 0 Å². The third-order valence-corrected chi connectivity index (χ3v) is 6.24. The molecule has 1 atom stereocenters. The SMILES string of the molecule is COc1ccc(F)c(-c2cc(COc3ccc([C@@H](C=C(C)C)CC(=O)O)cc3)ccc2C2CC2)c1. The van der Waals surface area contributed by atoms with Gasteiger partial charge < -0.3 is 14.6 Å². The first-order valence-corrected chi connectivity index (χ1v) is 11.9. The number of carboxylic acid groups (broad SMARTS) is 1. The molecule has 3 aromatic carbocycles. The molecule has 35 heavy (non-hydrogen) atoms. The van der Waals surface area contributed by atoms with Crippen LogP contribution in [0.15, 0.2) is 72.3 Å². The van der Waals surface area contributed by atoms with Crippen molar-refractivity contribution in [3.05, 3.63) is 94.8 Å². The molecule has 0 aromatic heterocycles. The first-order chi connectivity index (χ1) is 16.8. The minimum Gasteiger partial charge on any atom is -0.497 e. The van der Waals surface area contributed by atoms with Crippen LogP contribution in [0.3, 0.4) is 0 Å². The smallest absolute Gasteiger partial charge is 0.304 e. The van der Waals surface area contributed by atoms with Crippen molar-refractivity contribution in [3.63, 3.8) is 0 Å². The second kappa shape index (κ2) is 10.8. The van der Waals surface area contributed by atoms with E-state index in [1.807, 2.05) is 56.3 Å². The maximum absolute atomic E-state index is 14.8. The number of aliphatic carboxylic acids is 1. The molecular weight excluding hydrogens is 443 g/mol. The lowest BCUT2D eigenvalue weighted by Crippen LogP contribution is -2.05. The maximum atomic E-state index is 14.8. The average molecular weight is 475 g/mol. The first kappa shape index (κ1) is 24.5. The number of halogens is 1. The Kier molecular flexibility index (Phi) is 7.54. The van der Waals surface area contributed by atoms with Crippen LogP contribution in [-0.4, -0.2) is 18.2 Å². The number of hydrogen-bond donors (Lipinski definition) is 1. The lowest BCUT2D eigenvalue weighted by atomic mass is 9.93. The maximum Gasteiger partial charge on any atom is 0.304 e. The van der Waals surface area contributed by atoms with Gasteiger partial charge in [-0.3, -0.25) is 4.79 Å². The lowest BCUT2D eigenvalue weighted by Gasteiger charge is -2.15. The van der Waals surface area contributed by atoms with Crippen LogP contribution in [0, 0.1) is 5.82 Å². The monoisotopic (exact) mass is 474 g/mol. The Morgan fingerprint density at radius 2 is 1.74 bits per heavy atom. The van der Waals surface area contributed by atoms with Gasteiger partial charge in [-0.15, -0.1) is 0 Å². The highest BCUT2D eigenvalue weighted by atomic mass is 19.1. The van der Waals surface area contributed by atoms with E-state index < -0.39 is 5.97 Å². The molecule has 0 spiro atoms. The molecule has 0 saturated heterocycles.